The van der Waals surface area contributed by atoms with Crippen molar-refractivity contribution in [3.8, 4) is 0 Å². The summed E-state index contributed by atoms with van der Waals surface area (Å²) in [6, 6.07) is 43.7. The Morgan fingerprint density at radius 2 is 1.38 bits per heavy atom. The number of likely N-dealkylation sites (N-methyl/N-ethyl adjacent to an activating group) is 1. The first-order valence-electron chi connectivity index (χ1n) is 21.9. The molecule has 1 aromatic heterocycles. The molecule has 0 atom stereocenters. The predicted octanol–water partition coefficient (Wildman–Crippen LogP) is 10.4. The van der Waals surface area contributed by atoms with Crippen molar-refractivity contribution in [3.05, 3.63) is 189 Å². The summed E-state index contributed by atoms with van der Waals surface area (Å²) < 4.78 is 66.7. The Morgan fingerprint density at radius 1 is 0.773 bits per heavy atom. The van der Waals surface area contributed by atoms with Gasteiger partial charge < -0.3 is 24.8 Å². The van der Waals surface area contributed by atoms with Crippen LogP contribution in [0.4, 0.5) is 34.8 Å². The van der Waals surface area contributed by atoms with Gasteiger partial charge in [-0.2, -0.15) is 18.3 Å². The highest BCUT2D eigenvalue weighted by Crippen LogP contribution is 2.45. The van der Waals surface area contributed by atoms with E-state index in [-0.39, 0.29) is 48.9 Å². The molecular weight excluding hydrogens is 913 g/mol. The van der Waals surface area contributed by atoms with E-state index >= 15 is 4.79 Å². The van der Waals surface area contributed by atoms with E-state index in [1.54, 1.807) is 12.1 Å². The third kappa shape index (κ3) is 8.84. The lowest BCUT2D eigenvalue weighted by atomic mass is 9.77. The lowest BCUT2D eigenvalue weighted by molar-refractivity contribution is -0.171. The molecule has 66 heavy (non-hydrogen) atoms. The first-order valence-corrected chi connectivity index (χ1v) is 22.7. The molecule has 0 aliphatic carbocycles. The van der Waals surface area contributed by atoms with Crippen molar-refractivity contribution in [2.75, 3.05) is 61.6 Å². The van der Waals surface area contributed by atoms with E-state index < -0.39 is 29.6 Å². The molecule has 2 aliphatic heterocycles. The summed E-state index contributed by atoms with van der Waals surface area (Å²) in [6.07, 6.45) is -4.60. The molecule has 0 unspecified atom stereocenters. The van der Waals surface area contributed by atoms with Gasteiger partial charge in [0.2, 0.25) is 0 Å². The molecule has 3 heterocycles. The van der Waals surface area contributed by atoms with Crippen LogP contribution >= 0.6 is 15.9 Å². The number of aromatic nitrogens is 2. The van der Waals surface area contributed by atoms with Crippen molar-refractivity contribution in [2.45, 2.75) is 37.0 Å². The normalized spacial score (nSPS) is 15.2. The van der Waals surface area contributed by atoms with Crippen LogP contribution in [-0.2, 0) is 21.5 Å². The number of carbonyl (C=O) groups is 2. The minimum atomic E-state index is -5.23. The second-order valence-corrected chi connectivity index (χ2v) is 17.7. The highest BCUT2D eigenvalue weighted by molar-refractivity contribution is 9.10. The van der Waals surface area contributed by atoms with Gasteiger partial charge in [-0.15, -0.1) is 0 Å². The summed E-state index contributed by atoms with van der Waals surface area (Å²) in [4.78, 5) is 33.7. The van der Waals surface area contributed by atoms with E-state index in [2.05, 4.69) is 31.0 Å². The van der Waals surface area contributed by atoms with E-state index in [4.69, 9.17) is 9.84 Å². The monoisotopic (exact) mass is 958 g/mol. The number of hydrogen-bond acceptors (Lipinski definition) is 6. The smallest absolute Gasteiger partial charge is 0.381 e. The van der Waals surface area contributed by atoms with Crippen LogP contribution in [0.2, 0.25) is 0 Å². The van der Waals surface area contributed by atoms with Crippen LogP contribution in [0.5, 0.6) is 0 Å². The quantitative estimate of drug-likeness (QED) is 0.103. The van der Waals surface area contributed by atoms with Gasteiger partial charge in [-0.1, -0.05) is 119 Å². The Balaban J connectivity index is 1.26. The van der Waals surface area contributed by atoms with Crippen LogP contribution in [0, 0.1) is 5.82 Å². The lowest BCUT2D eigenvalue weighted by Gasteiger charge is -2.37. The molecule has 2 saturated heterocycles. The molecule has 9 nitrogen and oxygen atoms in total. The summed E-state index contributed by atoms with van der Waals surface area (Å²) in [5, 5.41) is 8.87. The van der Waals surface area contributed by atoms with E-state index in [1.165, 1.54) is 24.3 Å². The minimum absolute atomic E-state index is 0.128. The second-order valence-electron chi connectivity index (χ2n) is 16.8. The average Bonchev–Trinajstić information content (AvgIpc) is 3.66. The number of ether oxygens (including phenoxy) is 1. The maximum atomic E-state index is 15.1. The van der Waals surface area contributed by atoms with Crippen LogP contribution in [-0.4, -0.2) is 85.2 Å². The van der Waals surface area contributed by atoms with Crippen LogP contribution in [0.25, 0.3) is 10.9 Å². The Labute approximate surface area is 388 Å². The molecule has 0 saturated carbocycles. The third-order valence-corrected chi connectivity index (χ3v) is 13.4. The maximum absolute atomic E-state index is 15.1. The van der Waals surface area contributed by atoms with Crippen molar-refractivity contribution in [1.82, 2.24) is 14.7 Å². The number of alkyl halides is 3. The molecule has 2 fully saturated rings. The summed E-state index contributed by atoms with van der Waals surface area (Å²) in [6.45, 7) is 2.99. The Kier molecular flexibility index (Phi) is 12.8. The van der Waals surface area contributed by atoms with Gasteiger partial charge in [0.05, 0.1) is 16.8 Å². The third-order valence-electron chi connectivity index (χ3n) is 12.6. The van der Waals surface area contributed by atoms with Crippen molar-refractivity contribution >= 4 is 55.8 Å². The summed E-state index contributed by atoms with van der Waals surface area (Å²) >= 11 is 3.83. The molecule has 9 rings (SSSR count). The molecule has 0 radical (unpaired) electrons. The number of nitrogens with zero attached hydrogens (tertiary/aromatic N) is 5. The molecule has 0 bridgehead atoms. The number of halogens is 5. The zero-order chi connectivity index (χ0) is 46.0. The zero-order valence-corrected chi connectivity index (χ0v) is 37.7. The number of benzene rings is 6. The summed E-state index contributed by atoms with van der Waals surface area (Å²) in [5.74, 6) is -3.06. The van der Waals surface area contributed by atoms with Crippen molar-refractivity contribution in [2.24, 2.45) is 0 Å². The number of fused-ring (bicyclic) bond motifs is 1. The average molecular weight is 960 g/mol. The summed E-state index contributed by atoms with van der Waals surface area (Å²) in [7, 11) is 2.00. The first kappa shape index (κ1) is 44.8. The maximum Gasteiger partial charge on any atom is 0.471 e. The number of carbonyl (C=O) groups excluding carboxylic acids is 2. The van der Waals surface area contributed by atoms with Crippen LogP contribution in [0.15, 0.2) is 150 Å². The molecule has 14 heteroatoms. The number of hydrogen-bond donors (Lipinski definition) is 1. The standard InChI is InChI=1S/C52H47BrF4N6O3/c1-60-24-26-61(27-25-60)42-20-21-43(46(33-42)62(50(65)52(55,56)57)41-22-28-66-29-23-41)49(64)58-48-44-32-36(30-35-12-11-19-40(54)31-35)45(53)34-47(44)63(59-48)51(37-13-5-2-6-14-37,38-15-7-3-8-16-38)39-17-9-4-10-18-39/h2-21,31-34,41H,22-30H2,1H3,(H,58,59,64). The highest BCUT2D eigenvalue weighted by Gasteiger charge is 2.47. The largest absolute Gasteiger partial charge is 0.471 e. The first-order chi connectivity index (χ1) is 31.9. The number of piperazine rings is 1. The zero-order valence-electron chi connectivity index (χ0n) is 36.1. The Hall–Kier alpha value is -6.35. The van der Waals surface area contributed by atoms with E-state index in [1.807, 2.05) is 121 Å². The highest BCUT2D eigenvalue weighted by atomic mass is 79.9. The molecule has 2 amide bonds. The van der Waals surface area contributed by atoms with Crippen LogP contribution in [0.3, 0.4) is 0 Å². The molecular formula is C52H47BrF4N6O3. The van der Waals surface area contributed by atoms with Gasteiger partial charge in [-0.05, 0) is 96.6 Å². The van der Waals surface area contributed by atoms with Crippen LogP contribution in [0.1, 0.15) is 51.0 Å². The second kappa shape index (κ2) is 18.9. The predicted molar refractivity (Wildman–Crippen MR) is 253 cm³/mol. The SMILES string of the molecule is CN1CCN(c2ccc(C(=O)Nc3nn(C(c4ccccc4)(c4ccccc4)c4ccccc4)c4cc(Br)c(Cc5cccc(F)c5)cc34)c(N(C(=O)C(F)(F)F)C3CCOCC3)c2)CC1. The molecule has 0 spiro atoms. The molecule has 1 N–H and O–H groups in total. The fourth-order valence-electron chi connectivity index (χ4n) is 9.33. The fourth-order valence-corrected chi connectivity index (χ4v) is 9.81. The molecule has 6 aromatic carbocycles. The fraction of sp³-hybridized carbons (Fsp3) is 0.250. The van der Waals surface area contributed by atoms with Gasteiger partial charge in [0.1, 0.15) is 11.4 Å². The Bertz CT molecular complexity index is 2750. The number of rotatable bonds is 11. The Morgan fingerprint density at radius 3 is 1.95 bits per heavy atom. The van der Waals surface area contributed by atoms with Gasteiger partial charge in [0.15, 0.2) is 5.82 Å². The molecule has 338 valence electrons. The van der Waals surface area contributed by atoms with Gasteiger partial charge in [0.25, 0.3) is 5.91 Å². The van der Waals surface area contributed by atoms with E-state index in [9.17, 15) is 22.4 Å². The number of nitrogens with one attached hydrogen (secondary N) is 1. The van der Waals surface area contributed by atoms with E-state index in [0.29, 0.717) is 46.1 Å². The number of anilines is 3. The number of amides is 2. The molecule has 2 aliphatic rings. The summed E-state index contributed by atoms with van der Waals surface area (Å²) in [5.41, 5.74) is 3.88. The van der Waals surface area contributed by atoms with Gasteiger partial charge in [-0.3, -0.25) is 9.59 Å². The van der Waals surface area contributed by atoms with Gasteiger partial charge in [0, 0.05) is 61.0 Å². The molecule has 7 aromatic rings. The topological polar surface area (TPSA) is 82.9 Å². The van der Waals surface area contributed by atoms with Gasteiger partial charge in [-0.25, -0.2) is 9.07 Å². The van der Waals surface area contributed by atoms with Crippen molar-refractivity contribution in [1.29, 1.82) is 0 Å². The van der Waals surface area contributed by atoms with Crippen molar-refractivity contribution in [3.63, 3.8) is 0 Å². The van der Waals surface area contributed by atoms with Gasteiger partial charge >= 0.3 is 12.1 Å². The lowest BCUT2D eigenvalue weighted by Crippen LogP contribution is -2.50. The minimum Gasteiger partial charge on any atom is -0.381 e. The van der Waals surface area contributed by atoms with E-state index in [0.717, 1.165) is 40.2 Å². The van der Waals surface area contributed by atoms with Crippen molar-refractivity contribution < 1.29 is 31.9 Å². The van der Waals surface area contributed by atoms with Crippen LogP contribution < -0.4 is 15.1 Å².